The minimum Gasteiger partial charge on any atom is -0.381 e. The molecule has 3 heterocycles. The summed E-state index contributed by atoms with van der Waals surface area (Å²) in [5.74, 6) is -0.178. The SMILES string of the molecule is O=C(Nc1ncc(F)s1)[C@@H](CC1CCOCC1)n1ncc2c(S(=O)(=O)C3CC3)cc(Cl)cc21. The van der Waals surface area contributed by atoms with Gasteiger partial charge in [-0.25, -0.2) is 13.4 Å². The molecule has 3 aromatic rings. The van der Waals surface area contributed by atoms with Gasteiger partial charge in [0.1, 0.15) is 6.04 Å². The normalized spacial score (nSPS) is 18.5. The van der Waals surface area contributed by atoms with Crippen molar-refractivity contribution in [1.29, 1.82) is 0 Å². The number of carbonyl (C=O) groups excluding carboxylic acids is 1. The van der Waals surface area contributed by atoms with Crippen LogP contribution >= 0.6 is 22.9 Å². The minimum absolute atomic E-state index is 0.144. The van der Waals surface area contributed by atoms with Gasteiger partial charge in [0.15, 0.2) is 20.1 Å². The second-order valence-electron chi connectivity index (χ2n) is 8.44. The van der Waals surface area contributed by atoms with Crippen molar-refractivity contribution in [2.24, 2.45) is 5.92 Å². The molecule has 12 heteroatoms. The van der Waals surface area contributed by atoms with E-state index in [0.717, 1.165) is 30.4 Å². The summed E-state index contributed by atoms with van der Waals surface area (Å²) in [6.45, 7) is 1.23. The van der Waals surface area contributed by atoms with Crippen molar-refractivity contribution in [3.8, 4) is 0 Å². The Hall–Kier alpha value is -2.08. The third-order valence-corrected chi connectivity index (χ3v) is 9.34. The number of carbonyl (C=O) groups is 1. The number of nitrogens with zero attached hydrogens (tertiary/aromatic N) is 3. The van der Waals surface area contributed by atoms with Gasteiger partial charge in [0.2, 0.25) is 0 Å². The van der Waals surface area contributed by atoms with Crippen LogP contribution in [0.25, 0.3) is 10.9 Å². The highest BCUT2D eigenvalue weighted by atomic mass is 35.5. The summed E-state index contributed by atoms with van der Waals surface area (Å²) in [6.07, 6.45) is 5.86. The first kappa shape index (κ1) is 22.7. The molecule has 2 fully saturated rings. The van der Waals surface area contributed by atoms with E-state index >= 15 is 0 Å². The largest absolute Gasteiger partial charge is 0.381 e. The van der Waals surface area contributed by atoms with Crippen molar-refractivity contribution < 1.29 is 22.3 Å². The number of thiazole rings is 1. The van der Waals surface area contributed by atoms with Crippen molar-refractivity contribution in [2.75, 3.05) is 18.5 Å². The average Bonchev–Trinajstić information content (AvgIpc) is 3.47. The fourth-order valence-corrected chi connectivity index (χ4v) is 6.93. The molecule has 33 heavy (non-hydrogen) atoms. The van der Waals surface area contributed by atoms with Gasteiger partial charge in [-0.2, -0.15) is 9.49 Å². The number of benzene rings is 1. The third kappa shape index (κ3) is 4.64. The second kappa shape index (κ2) is 8.94. The topological polar surface area (TPSA) is 103 Å². The zero-order chi connectivity index (χ0) is 23.2. The molecular formula is C21H22ClFN4O4S2. The van der Waals surface area contributed by atoms with Gasteiger partial charge in [-0.15, -0.1) is 0 Å². The van der Waals surface area contributed by atoms with E-state index in [9.17, 15) is 17.6 Å². The van der Waals surface area contributed by atoms with Crippen LogP contribution in [-0.4, -0.2) is 47.6 Å². The number of hydrogen-bond donors (Lipinski definition) is 1. The maximum absolute atomic E-state index is 13.4. The second-order valence-corrected chi connectivity index (χ2v) is 12.1. The Kier molecular flexibility index (Phi) is 6.15. The van der Waals surface area contributed by atoms with Crippen LogP contribution in [-0.2, 0) is 19.4 Å². The van der Waals surface area contributed by atoms with E-state index < -0.39 is 32.2 Å². The van der Waals surface area contributed by atoms with Crippen molar-refractivity contribution >= 4 is 54.7 Å². The van der Waals surface area contributed by atoms with Crippen LogP contribution in [0.4, 0.5) is 9.52 Å². The molecule has 1 atom stereocenters. The van der Waals surface area contributed by atoms with Crippen molar-refractivity contribution in [1.82, 2.24) is 14.8 Å². The van der Waals surface area contributed by atoms with Crippen molar-refractivity contribution in [3.05, 3.63) is 34.7 Å². The smallest absolute Gasteiger partial charge is 0.251 e. The lowest BCUT2D eigenvalue weighted by molar-refractivity contribution is -0.120. The molecule has 1 amide bonds. The lowest BCUT2D eigenvalue weighted by atomic mass is 9.92. The number of halogens is 2. The van der Waals surface area contributed by atoms with Gasteiger partial charge in [-0.3, -0.25) is 9.48 Å². The molecule has 0 unspecified atom stereocenters. The first-order chi connectivity index (χ1) is 15.8. The Labute approximate surface area is 199 Å². The first-order valence-electron chi connectivity index (χ1n) is 10.7. The van der Waals surface area contributed by atoms with Gasteiger partial charge in [0.25, 0.3) is 5.91 Å². The zero-order valence-electron chi connectivity index (χ0n) is 17.5. The summed E-state index contributed by atoms with van der Waals surface area (Å²) >= 11 is 7.06. The summed E-state index contributed by atoms with van der Waals surface area (Å²) in [5.41, 5.74) is 0.472. The minimum atomic E-state index is -3.53. The molecule has 8 nitrogen and oxygen atoms in total. The van der Waals surface area contributed by atoms with E-state index in [4.69, 9.17) is 16.3 Å². The number of sulfone groups is 1. The van der Waals surface area contributed by atoms with Crippen LogP contribution in [0, 0.1) is 11.0 Å². The Balaban J connectivity index is 1.55. The van der Waals surface area contributed by atoms with E-state index in [0.29, 0.717) is 43.4 Å². The molecule has 0 radical (unpaired) electrons. The lowest BCUT2D eigenvalue weighted by Gasteiger charge is -2.26. The number of anilines is 1. The van der Waals surface area contributed by atoms with Crippen LogP contribution < -0.4 is 5.32 Å². The van der Waals surface area contributed by atoms with Gasteiger partial charge < -0.3 is 10.1 Å². The van der Waals surface area contributed by atoms with Crippen LogP contribution in [0.15, 0.2) is 29.4 Å². The summed E-state index contributed by atoms with van der Waals surface area (Å²) in [7, 11) is -3.53. The molecule has 5 rings (SSSR count). The predicted molar refractivity (Wildman–Crippen MR) is 123 cm³/mol. The van der Waals surface area contributed by atoms with E-state index in [1.807, 2.05) is 0 Å². The van der Waals surface area contributed by atoms with Crippen LogP contribution in [0.5, 0.6) is 0 Å². The number of hydrogen-bond acceptors (Lipinski definition) is 7. The molecule has 1 saturated heterocycles. The molecule has 2 aliphatic rings. The van der Waals surface area contributed by atoms with E-state index in [1.165, 1.54) is 16.9 Å². The average molecular weight is 513 g/mol. The van der Waals surface area contributed by atoms with Crippen LogP contribution in [0.3, 0.4) is 0 Å². The Morgan fingerprint density at radius 3 is 2.70 bits per heavy atom. The molecule has 1 N–H and O–H groups in total. The standard InChI is InChI=1S/C21H22ClFN4O4S2/c22-13-8-16-15(18(9-13)33(29,30)14-1-2-14)10-25-27(16)17(7-12-3-5-31-6-4-12)20(28)26-21-24-11-19(23)32-21/h8-12,14,17H,1-7H2,(H,24,26,28)/t17-/m1/s1. The highest BCUT2D eigenvalue weighted by Gasteiger charge is 2.39. The third-order valence-electron chi connectivity index (χ3n) is 6.12. The van der Waals surface area contributed by atoms with Gasteiger partial charge in [-0.1, -0.05) is 22.9 Å². The van der Waals surface area contributed by atoms with Crippen LogP contribution in [0.2, 0.25) is 5.02 Å². The summed E-state index contributed by atoms with van der Waals surface area (Å²) in [5, 5.41) is 7.07. The molecule has 1 aromatic carbocycles. The molecule has 1 aliphatic carbocycles. The van der Waals surface area contributed by atoms with Crippen molar-refractivity contribution in [3.63, 3.8) is 0 Å². The number of fused-ring (bicyclic) bond motifs is 1. The number of aromatic nitrogens is 3. The van der Waals surface area contributed by atoms with Gasteiger partial charge in [0, 0.05) is 23.6 Å². The van der Waals surface area contributed by atoms with Crippen LogP contribution in [0.1, 0.15) is 38.1 Å². The van der Waals surface area contributed by atoms with Gasteiger partial charge in [0.05, 0.1) is 28.1 Å². The first-order valence-corrected chi connectivity index (χ1v) is 13.5. The molecule has 0 bridgehead atoms. The Bertz CT molecular complexity index is 1300. The highest BCUT2D eigenvalue weighted by Crippen LogP contribution is 2.39. The van der Waals surface area contributed by atoms with Crippen molar-refractivity contribution in [2.45, 2.75) is 48.3 Å². The number of ether oxygens (including phenoxy) is 1. The monoisotopic (exact) mass is 512 g/mol. The van der Waals surface area contributed by atoms with E-state index in [1.54, 1.807) is 6.07 Å². The van der Waals surface area contributed by atoms with E-state index in [-0.39, 0.29) is 21.0 Å². The molecule has 0 spiro atoms. The predicted octanol–water partition coefficient (Wildman–Crippen LogP) is 4.22. The van der Waals surface area contributed by atoms with E-state index in [2.05, 4.69) is 15.4 Å². The molecule has 2 aromatic heterocycles. The Morgan fingerprint density at radius 1 is 1.27 bits per heavy atom. The molecule has 176 valence electrons. The van der Waals surface area contributed by atoms with Gasteiger partial charge in [-0.05, 0) is 50.2 Å². The number of nitrogens with one attached hydrogen (secondary N) is 1. The summed E-state index contributed by atoms with van der Waals surface area (Å²) in [6, 6.07) is 2.32. The maximum Gasteiger partial charge on any atom is 0.251 e. The lowest BCUT2D eigenvalue weighted by Crippen LogP contribution is -2.30. The summed E-state index contributed by atoms with van der Waals surface area (Å²) < 4.78 is 46.4. The Morgan fingerprint density at radius 2 is 2.03 bits per heavy atom. The summed E-state index contributed by atoms with van der Waals surface area (Å²) in [4.78, 5) is 17.3. The maximum atomic E-state index is 13.4. The molecular weight excluding hydrogens is 491 g/mol. The fraction of sp³-hybridized carbons (Fsp3) is 0.476. The molecule has 1 aliphatic heterocycles. The highest BCUT2D eigenvalue weighted by molar-refractivity contribution is 7.92. The fourth-order valence-electron chi connectivity index (χ4n) is 4.24. The number of amides is 1. The zero-order valence-corrected chi connectivity index (χ0v) is 19.9. The molecule has 1 saturated carbocycles. The number of rotatable bonds is 7. The quantitative estimate of drug-likeness (QED) is 0.508. The van der Waals surface area contributed by atoms with Gasteiger partial charge >= 0.3 is 0 Å².